The zero-order valence-corrected chi connectivity index (χ0v) is 20.4. The van der Waals surface area contributed by atoms with Gasteiger partial charge in [0.2, 0.25) is 17.7 Å². The molecule has 2 aliphatic carbocycles. The van der Waals surface area contributed by atoms with Crippen molar-refractivity contribution in [1.82, 2.24) is 20.4 Å². The van der Waals surface area contributed by atoms with E-state index in [9.17, 15) is 14.4 Å². The Bertz CT molecular complexity index is 735. The molecule has 172 valence electrons. The fourth-order valence-electron chi connectivity index (χ4n) is 4.95. The van der Waals surface area contributed by atoms with Crippen LogP contribution in [0.4, 0.5) is 0 Å². The first-order chi connectivity index (χ1) is 14.5. The van der Waals surface area contributed by atoms with Crippen LogP contribution in [0.15, 0.2) is 17.1 Å². The fraction of sp³-hybridized carbons (Fsp3) is 0.714. The van der Waals surface area contributed by atoms with Crippen molar-refractivity contribution in [3.63, 3.8) is 0 Å². The summed E-state index contributed by atoms with van der Waals surface area (Å²) in [6.07, 6.45) is 7.30. The number of nitrogens with zero attached hydrogens (tertiary/aromatic N) is 3. The first-order valence-electron chi connectivity index (χ1n) is 10.8. The molecule has 3 fully saturated rings. The third-order valence-electron chi connectivity index (χ3n) is 6.58. The SMILES string of the molecule is CN(C)C(=O)CN=C(NCCN1C(=O)C2C3C=CC(C3)C2C1=O)NCC1CCCO1.I. The molecule has 10 heteroatoms. The van der Waals surface area contributed by atoms with Crippen molar-refractivity contribution in [1.29, 1.82) is 0 Å². The molecule has 2 aliphatic heterocycles. The van der Waals surface area contributed by atoms with Crippen LogP contribution in [0.3, 0.4) is 0 Å². The zero-order valence-electron chi connectivity index (χ0n) is 18.1. The van der Waals surface area contributed by atoms with Gasteiger partial charge in [0.25, 0.3) is 0 Å². The van der Waals surface area contributed by atoms with Gasteiger partial charge in [-0.1, -0.05) is 12.2 Å². The number of carbonyl (C=O) groups excluding carboxylic acids is 3. The minimum atomic E-state index is -0.170. The summed E-state index contributed by atoms with van der Waals surface area (Å²) in [6, 6.07) is 0. The van der Waals surface area contributed by atoms with Crippen LogP contribution >= 0.6 is 24.0 Å². The molecule has 5 unspecified atom stereocenters. The Labute approximate surface area is 200 Å². The largest absolute Gasteiger partial charge is 0.376 e. The average molecular weight is 545 g/mol. The number of nitrogens with one attached hydrogen (secondary N) is 2. The minimum absolute atomic E-state index is 0. The fourth-order valence-corrected chi connectivity index (χ4v) is 4.95. The van der Waals surface area contributed by atoms with E-state index in [4.69, 9.17) is 4.74 Å². The molecular formula is C21H32IN5O4. The van der Waals surface area contributed by atoms with Crippen LogP contribution in [0.25, 0.3) is 0 Å². The van der Waals surface area contributed by atoms with E-state index in [2.05, 4.69) is 27.8 Å². The van der Waals surface area contributed by atoms with Crippen LogP contribution in [0.5, 0.6) is 0 Å². The maximum absolute atomic E-state index is 12.8. The van der Waals surface area contributed by atoms with Crippen LogP contribution in [0, 0.1) is 23.7 Å². The van der Waals surface area contributed by atoms with Crippen LogP contribution in [0.1, 0.15) is 19.3 Å². The molecule has 3 amide bonds. The Morgan fingerprint density at radius 3 is 2.45 bits per heavy atom. The van der Waals surface area contributed by atoms with Gasteiger partial charge in [0, 0.05) is 40.3 Å². The molecule has 0 spiro atoms. The number of ether oxygens (including phenoxy) is 1. The molecule has 0 radical (unpaired) electrons. The normalized spacial score (nSPS) is 31.1. The number of fused-ring (bicyclic) bond motifs is 5. The summed E-state index contributed by atoms with van der Waals surface area (Å²) in [7, 11) is 3.38. The Balaban J connectivity index is 0.00000272. The van der Waals surface area contributed by atoms with Gasteiger partial charge < -0.3 is 20.3 Å². The highest BCUT2D eigenvalue weighted by Crippen LogP contribution is 2.52. The lowest BCUT2D eigenvalue weighted by atomic mass is 9.85. The number of hydrogen-bond acceptors (Lipinski definition) is 5. The zero-order chi connectivity index (χ0) is 21.3. The van der Waals surface area contributed by atoms with Crippen LogP contribution in [-0.2, 0) is 19.1 Å². The molecule has 0 aromatic carbocycles. The number of carbonyl (C=O) groups is 3. The van der Waals surface area contributed by atoms with E-state index >= 15 is 0 Å². The summed E-state index contributed by atoms with van der Waals surface area (Å²) >= 11 is 0. The highest BCUT2D eigenvalue weighted by Gasteiger charge is 2.58. The van der Waals surface area contributed by atoms with Crippen LogP contribution in [0.2, 0.25) is 0 Å². The van der Waals surface area contributed by atoms with E-state index < -0.39 is 0 Å². The van der Waals surface area contributed by atoms with Crippen LogP contribution < -0.4 is 10.6 Å². The van der Waals surface area contributed by atoms with Crippen molar-refractivity contribution in [2.45, 2.75) is 25.4 Å². The molecule has 2 saturated heterocycles. The van der Waals surface area contributed by atoms with E-state index in [1.807, 2.05) is 0 Å². The second-order valence-corrected chi connectivity index (χ2v) is 8.72. The van der Waals surface area contributed by atoms with Crippen molar-refractivity contribution in [2.75, 3.05) is 46.9 Å². The minimum Gasteiger partial charge on any atom is -0.376 e. The summed E-state index contributed by atoms with van der Waals surface area (Å²) in [6.45, 7) is 2.07. The highest BCUT2D eigenvalue weighted by molar-refractivity contribution is 14.0. The van der Waals surface area contributed by atoms with E-state index in [1.165, 1.54) is 9.80 Å². The molecule has 2 bridgehead atoms. The summed E-state index contributed by atoms with van der Waals surface area (Å²) < 4.78 is 5.63. The molecular weight excluding hydrogens is 513 g/mol. The van der Waals surface area contributed by atoms with Gasteiger partial charge in [0.15, 0.2) is 5.96 Å². The highest BCUT2D eigenvalue weighted by atomic mass is 127. The van der Waals surface area contributed by atoms with Crippen LogP contribution in [-0.4, -0.2) is 86.5 Å². The standard InChI is InChI=1S/C21H31N5O4.HI/c1-25(2)16(27)12-24-21(23-11-15-4-3-9-30-15)22-7-8-26-19(28)17-13-5-6-14(10-13)18(17)20(26)29;/h5-6,13-15,17-18H,3-4,7-12H2,1-2H3,(H2,22,23,24);1H. The predicted molar refractivity (Wildman–Crippen MR) is 126 cm³/mol. The number of amides is 3. The maximum Gasteiger partial charge on any atom is 0.243 e. The summed E-state index contributed by atoms with van der Waals surface area (Å²) in [5.41, 5.74) is 0. The Hall–Kier alpha value is -1.69. The molecule has 9 nitrogen and oxygen atoms in total. The van der Waals surface area contributed by atoms with Crippen molar-refractivity contribution in [3.05, 3.63) is 12.2 Å². The molecule has 2 heterocycles. The lowest BCUT2D eigenvalue weighted by molar-refractivity contribution is -0.140. The molecule has 4 rings (SSSR count). The van der Waals surface area contributed by atoms with Gasteiger partial charge in [0.1, 0.15) is 6.54 Å². The van der Waals surface area contributed by atoms with E-state index in [-0.39, 0.29) is 78.0 Å². The van der Waals surface area contributed by atoms with Gasteiger partial charge in [-0.2, -0.15) is 0 Å². The Kier molecular flexibility index (Phi) is 7.95. The second-order valence-electron chi connectivity index (χ2n) is 8.72. The van der Waals surface area contributed by atoms with Gasteiger partial charge in [-0.15, -0.1) is 24.0 Å². The lowest BCUT2D eigenvalue weighted by Gasteiger charge is -2.20. The Morgan fingerprint density at radius 1 is 1.19 bits per heavy atom. The Morgan fingerprint density at radius 2 is 1.87 bits per heavy atom. The smallest absolute Gasteiger partial charge is 0.243 e. The van der Waals surface area contributed by atoms with Crippen molar-refractivity contribution < 1.29 is 19.1 Å². The monoisotopic (exact) mass is 545 g/mol. The first-order valence-corrected chi connectivity index (χ1v) is 10.8. The molecule has 0 aromatic heterocycles. The topological polar surface area (TPSA) is 103 Å². The van der Waals surface area contributed by atoms with Gasteiger partial charge >= 0.3 is 0 Å². The number of allylic oxidation sites excluding steroid dienone is 2. The van der Waals surface area contributed by atoms with Gasteiger partial charge in [-0.05, 0) is 31.1 Å². The molecule has 0 aromatic rings. The number of likely N-dealkylation sites (tertiary alicyclic amines) is 1. The lowest BCUT2D eigenvalue weighted by Crippen LogP contribution is -2.45. The average Bonchev–Trinajstić information content (AvgIpc) is 3.50. The first kappa shape index (κ1) is 24.0. The maximum atomic E-state index is 12.8. The summed E-state index contributed by atoms with van der Waals surface area (Å²) in [5, 5.41) is 6.37. The quantitative estimate of drug-likeness (QED) is 0.156. The van der Waals surface area contributed by atoms with Gasteiger partial charge in [0.05, 0.1) is 17.9 Å². The predicted octanol–water partition coefficient (Wildman–Crippen LogP) is 0.214. The number of aliphatic imine (C=N–C) groups is 1. The molecule has 1 saturated carbocycles. The number of rotatable bonds is 7. The molecule has 4 aliphatic rings. The summed E-state index contributed by atoms with van der Waals surface area (Å²) in [4.78, 5) is 44.7. The number of guanidine groups is 1. The molecule has 2 N–H and O–H groups in total. The number of hydrogen-bond donors (Lipinski definition) is 2. The third-order valence-corrected chi connectivity index (χ3v) is 6.58. The number of likely N-dealkylation sites (N-methyl/N-ethyl adjacent to an activating group) is 1. The van der Waals surface area contributed by atoms with Gasteiger partial charge in [-0.25, -0.2) is 4.99 Å². The van der Waals surface area contributed by atoms with Gasteiger partial charge in [-0.3, -0.25) is 19.3 Å². The van der Waals surface area contributed by atoms with Crippen molar-refractivity contribution in [2.24, 2.45) is 28.7 Å². The number of halogens is 1. The number of imide groups is 1. The summed E-state index contributed by atoms with van der Waals surface area (Å²) in [5.74, 6) is 0.394. The van der Waals surface area contributed by atoms with E-state index in [1.54, 1.807) is 14.1 Å². The molecule has 31 heavy (non-hydrogen) atoms. The van der Waals surface area contributed by atoms with Crippen molar-refractivity contribution >= 4 is 47.7 Å². The second kappa shape index (κ2) is 10.3. The van der Waals surface area contributed by atoms with E-state index in [0.717, 1.165) is 25.9 Å². The molecule has 5 atom stereocenters. The van der Waals surface area contributed by atoms with E-state index in [0.29, 0.717) is 25.6 Å². The van der Waals surface area contributed by atoms with Crippen molar-refractivity contribution in [3.8, 4) is 0 Å². The third kappa shape index (κ3) is 5.05.